The van der Waals surface area contributed by atoms with Crippen LogP contribution in [0, 0.1) is 6.92 Å². The molecular weight excluding hydrogens is 491 g/mol. The Balaban J connectivity index is 0.00000256. The molecule has 1 aliphatic carbocycles. The van der Waals surface area contributed by atoms with Crippen LogP contribution in [0.3, 0.4) is 0 Å². The van der Waals surface area contributed by atoms with Crippen molar-refractivity contribution in [2.45, 2.75) is 13.8 Å². The molecule has 5 nitrogen and oxygen atoms in total. The van der Waals surface area contributed by atoms with Crippen molar-refractivity contribution in [3.8, 4) is 5.75 Å². The van der Waals surface area contributed by atoms with Gasteiger partial charge in [-0.1, -0.05) is 24.3 Å². The molecule has 1 aromatic heterocycles. The van der Waals surface area contributed by atoms with E-state index in [2.05, 4.69) is 5.32 Å². The highest BCUT2D eigenvalue weighted by Gasteiger charge is 2.38. The highest BCUT2D eigenvalue weighted by Crippen LogP contribution is 2.28. The molecule has 0 saturated heterocycles. The monoisotopic (exact) mass is 512 g/mol. The van der Waals surface area contributed by atoms with Crippen molar-refractivity contribution in [2.75, 3.05) is 11.9 Å². The van der Waals surface area contributed by atoms with Crippen LogP contribution in [-0.4, -0.2) is 18.2 Å². The van der Waals surface area contributed by atoms with Crippen molar-refractivity contribution in [3.05, 3.63) is 95.4 Å². The number of carbonyl (C=O) groups excluding carboxylic acids is 2. The molecule has 4 rings (SSSR count). The minimum absolute atomic E-state index is 0. The Morgan fingerprint density at radius 1 is 0.867 bits per heavy atom. The van der Waals surface area contributed by atoms with Crippen molar-refractivity contribution in [1.82, 2.24) is 0 Å². The first-order chi connectivity index (χ1) is 14.1. The summed E-state index contributed by atoms with van der Waals surface area (Å²) in [5, 5.41) is 3.17. The number of allylic oxidation sites excluding steroid dienone is 2. The summed E-state index contributed by atoms with van der Waals surface area (Å²) < 4.78 is 7.17. The zero-order chi connectivity index (χ0) is 20.4. The van der Waals surface area contributed by atoms with E-state index in [0.717, 1.165) is 11.3 Å². The van der Waals surface area contributed by atoms with Gasteiger partial charge in [0, 0.05) is 28.9 Å². The molecule has 152 valence electrons. The van der Waals surface area contributed by atoms with E-state index in [-0.39, 0.29) is 41.2 Å². The first-order valence-electron chi connectivity index (χ1n) is 9.49. The van der Waals surface area contributed by atoms with E-state index in [1.807, 2.05) is 50.2 Å². The Kier molecular flexibility index (Phi) is 6.66. The average Bonchev–Trinajstić information content (AvgIpc) is 2.74. The first-order valence-corrected chi connectivity index (χ1v) is 9.49. The van der Waals surface area contributed by atoms with Gasteiger partial charge in [0.05, 0.1) is 6.61 Å². The molecule has 0 fully saturated rings. The van der Waals surface area contributed by atoms with Crippen LogP contribution in [0.25, 0.3) is 5.70 Å². The lowest BCUT2D eigenvalue weighted by molar-refractivity contribution is -0.577. The number of fused-ring (bicyclic) bond motifs is 1. The lowest BCUT2D eigenvalue weighted by Crippen LogP contribution is -3.00. The molecule has 1 N–H and O–H groups in total. The fraction of sp³-hybridized carbons (Fsp3) is 0.125. The predicted octanol–water partition coefficient (Wildman–Crippen LogP) is 1.05. The highest BCUT2D eigenvalue weighted by molar-refractivity contribution is 6.36. The van der Waals surface area contributed by atoms with E-state index < -0.39 is 0 Å². The number of aromatic nitrogens is 1. The molecule has 6 heteroatoms. The maximum atomic E-state index is 13.3. The molecule has 3 aromatic rings. The second-order valence-electron chi connectivity index (χ2n) is 6.79. The molecule has 0 amide bonds. The molecule has 0 bridgehead atoms. The molecule has 1 heterocycles. The van der Waals surface area contributed by atoms with E-state index >= 15 is 0 Å². The van der Waals surface area contributed by atoms with Crippen LogP contribution in [0.1, 0.15) is 33.2 Å². The van der Waals surface area contributed by atoms with Gasteiger partial charge in [0.15, 0.2) is 18.1 Å². The lowest BCUT2D eigenvalue weighted by Gasteiger charge is -2.18. The number of ether oxygens (including phenoxy) is 1. The molecule has 0 spiro atoms. The smallest absolute Gasteiger partial charge is 0.286 e. The minimum Gasteiger partial charge on any atom is -1.00 e. The number of aryl methyl sites for hydroxylation is 1. The molecule has 0 radical (unpaired) electrons. The van der Waals surface area contributed by atoms with E-state index in [1.54, 1.807) is 41.2 Å². The normalized spacial score (nSPS) is 12.9. The quantitative estimate of drug-likeness (QED) is 0.411. The summed E-state index contributed by atoms with van der Waals surface area (Å²) in [6.45, 7) is 4.47. The summed E-state index contributed by atoms with van der Waals surface area (Å²) in [7, 11) is 0. The van der Waals surface area contributed by atoms with Gasteiger partial charge in [-0.05, 0) is 43.7 Å². The van der Waals surface area contributed by atoms with Crippen molar-refractivity contribution in [3.63, 3.8) is 0 Å². The summed E-state index contributed by atoms with van der Waals surface area (Å²) in [6.07, 6.45) is 3.59. The standard InChI is InChI=1S/C24H20N2O3.HI/c1-3-29-18-10-8-17(9-11-18)25-21-22(26-14-12-16(2)13-15-26)24(28)20-7-5-4-6-19(20)23(21)27;/h4-15H,3H2,1-2H3;1H. The fourth-order valence-corrected chi connectivity index (χ4v) is 3.32. The zero-order valence-electron chi connectivity index (χ0n) is 16.7. The number of hydrogen-bond donors (Lipinski definition) is 1. The van der Waals surface area contributed by atoms with E-state index in [9.17, 15) is 9.59 Å². The van der Waals surface area contributed by atoms with E-state index in [1.165, 1.54) is 0 Å². The summed E-state index contributed by atoms with van der Waals surface area (Å²) >= 11 is 0. The van der Waals surface area contributed by atoms with Crippen LogP contribution in [0.2, 0.25) is 0 Å². The van der Waals surface area contributed by atoms with Gasteiger partial charge in [-0.2, -0.15) is 4.57 Å². The molecule has 0 atom stereocenters. The Labute approximate surface area is 192 Å². The van der Waals surface area contributed by atoms with Crippen LogP contribution in [0.5, 0.6) is 5.75 Å². The second-order valence-corrected chi connectivity index (χ2v) is 6.79. The molecule has 0 aliphatic heterocycles. The number of halogens is 1. The van der Waals surface area contributed by atoms with Gasteiger partial charge in [0.2, 0.25) is 5.78 Å². The molecule has 0 unspecified atom stereocenters. The van der Waals surface area contributed by atoms with Gasteiger partial charge in [-0.3, -0.25) is 9.59 Å². The van der Waals surface area contributed by atoms with Gasteiger partial charge in [0.1, 0.15) is 5.75 Å². The van der Waals surface area contributed by atoms with Gasteiger partial charge in [-0.25, -0.2) is 0 Å². The fourth-order valence-electron chi connectivity index (χ4n) is 3.32. The predicted molar refractivity (Wildman–Crippen MR) is 111 cm³/mol. The van der Waals surface area contributed by atoms with Crippen LogP contribution < -0.4 is 38.6 Å². The Morgan fingerprint density at radius 2 is 1.47 bits per heavy atom. The third-order valence-electron chi connectivity index (χ3n) is 4.78. The summed E-state index contributed by atoms with van der Waals surface area (Å²) in [5.41, 5.74) is 3.15. The number of nitrogens with one attached hydrogen (secondary N) is 1. The van der Waals surface area contributed by atoms with Crippen molar-refractivity contribution in [1.29, 1.82) is 0 Å². The van der Waals surface area contributed by atoms with Crippen LogP contribution in [0.4, 0.5) is 5.69 Å². The number of ketones is 2. The maximum absolute atomic E-state index is 13.3. The summed E-state index contributed by atoms with van der Waals surface area (Å²) in [6, 6.07) is 18.0. The minimum atomic E-state index is -0.211. The average molecular weight is 512 g/mol. The second kappa shape index (κ2) is 9.21. The zero-order valence-corrected chi connectivity index (χ0v) is 18.8. The number of hydrogen-bond acceptors (Lipinski definition) is 4. The lowest BCUT2D eigenvalue weighted by atomic mass is 9.90. The van der Waals surface area contributed by atoms with Gasteiger partial charge >= 0.3 is 0 Å². The third-order valence-corrected chi connectivity index (χ3v) is 4.78. The number of anilines is 1. The van der Waals surface area contributed by atoms with E-state index in [0.29, 0.717) is 29.1 Å². The van der Waals surface area contributed by atoms with Crippen molar-refractivity contribution >= 4 is 23.0 Å². The third kappa shape index (κ3) is 4.14. The molecule has 1 aliphatic rings. The largest absolute Gasteiger partial charge is 1.00 e. The van der Waals surface area contributed by atoms with Crippen LogP contribution in [-0.2, 0) is 0 Å². The topological polar surface area (TPSA) is 59.3 Å². The Morgan fingerprint density at radius 3 is 2.07 bits per heavy atom. The maximum Gasteiger partial charge on any atom is 0.286 e. The SMILES string of the molecule is CCOc1ccc(NC2=C([n+]3ccc(C)cc3)C(=O)c3ccccc3C2=O)cc1.[I-]. The van der Waals surface area contributed by atoms with Crippen molar-refractivity contribution < 1.29 is 42.9 Å². The highest BCUT2D eigenvalue weighted by atomic mass is 127. The van der Waals surface area contributed by atoms with E-state index in [4.69, 9.17) is 4.74 Å². The van der Waals surface area contributed by atoms with Gasteiger partial charge in [-0.15, -0.1) is 0 Å². The summed E-state index contributed by atoms with van der Waals surface area (Å²) in [4.78, 5) is 26.6. The van der Waals surface area contributed by atoms with Gasteiger partial charge in [0.25, 0.3) is 11.5 Å². The number of carbonyl (C=O) groups is 2. The first kappa shape index (κ1) is 21.7. The molecule has 30 heavy (non-hydrogen) atoms. The Hall–Kier alpha value is -3.00. The number of Topliss-reactive ketones (excluding diaryl/α,β-unsaturated/α-hetero) is 2. The number of nitrogens with zero attached hydrogens (tertiary/aromatic N) is 1. The molecule has 2 aromatic carbocycles. The number of benzene rings is 2. The van der Waals surface area contributed by atoms with Crippen molar-refractivity contribution in [2.24, 2.45) is 0 Å². The van der Waals surface area contributed by atoms with Crippen LogP contribution in [0.15, 0.2) is 78.8 Å². The van der Waals surface area contributed by atoms with Gasteiger partial charge < -0.3 is 34.0 Å². The van der Waals surface area contributed by atoms with Crippen LogP contribution >= 0.6 is 0 Å². The summed E-state index contributed by atoms with van der Waals surface area (Å²) in [5.74, 6) is 0.344. The molecule has 0 saturated carbocycles. The number of rotatable bonds is 5. The Bertz CT molecular complexity index is 1120. The number of pyridine rings is 1. The molecular formula is C24H21IN2O3.